The number of anilines is 1. The quantitative estimate of drug-likeness (QED) is 0.645. The molecule has 96 valence electrons. The molecular weight excluding hydrogens is 374 g/mol. The Morgan fingerprint density at radius 3 is 2.72 bits per heavy atom. The van der Waals surface area contributed by atoms with Gasteiger partial charge in [-0.25, -0.2) is 0 Å². The number of halogens is 2. The number of hydrogen-bond acceptors (Lipinski definition) is 2. The zero-order chi connectivity index (χ0) is 13.0. The van der Waals surface area contributed by atoms with E-state index < -0.39 is 0 Å². The van der Waals surface area contributed by atoms with Crippen molar-refractivity contribution in [3.63, 3.8) is 0 Å². The summed E-state index contributed by atoms with van der Waals surface area (Å²) in [5.41, 5.74) is 2.54. The number of hydrogen-bond donors (Lipinski definition) is 0. The third-order valence-corrected chi connectivity index (χ3v) is 5.17. The highest BCUT2D eigenvalue weighted by atomic mass is 79.9. The van der Waals surface area contributed by atoms with Crippen molar-refractivity contribution in [2.24, 2.45) is 0 Å². The number of benzene rings is 1. The minimum absolute atomic E-state index is 0.882. The molecule has 2 aromatic rings. The molecule has 0 unspecified atom stereocenters. The summed E-state index contributed by atoms with van der Waals surface area (Å²) in [6.45, 7) is 1.04. The van der Waals surface area contributed by atoms with Crippen molar-refractivity contribution < 1.29 is 0 Å². The van der Waals surface area contributed by atoms with Gasteiger partial charge in [0.2, 0.25) is 0 Å². The second-order valence-electron chi connectivity index (χ2n) is 4.16. The third kappa shape index (κ3) is 3.59. The Kier molecular flexibility index (Phi) is 5.27. The number of alkyl halides is 1. The average Bonchev–Trinajstić information content (AvgIpc) is 2.89. The van der Waals surface area contributed by atoms with Crippen LogP contribution in [0.25, 0.3) is 0 Å². The fourth-order valence-electron chi connectivity index (χ4n) is 1.74. The molecule has 0 saturated heterocycles. The molecule has 0 amide bonds. The van der Waals surface area contributed by atoms with Crippen LogP contribution in [0.2, 0.25) is 0 Å². The Balaban J connectivity index is 2.00. The molecule has 0 aliphatic carbocycles. The highest BCUT2D eigenvalue weighted by molar-refractivity contribution is 9.10. The Morgan fingerprint density at radius 1 is 1.28 bits per heavy atom. The van der Waals surface area contributed by atoms with Gasteiger partial charge in [-0.3, -0.25) is 0 Å². The lowest BCUT2D eigenvalue weighted by Gasteiger charge is -2.19. The van der Waals surface area contributed by atoms with Crippen LogP contribution in [0.3, 0.4) is 0 Å². The van der Waals surface area contributed by atoms with E-state index in [2.05, 4.69) is 79.5 Å². The van der Waals surface area contributed by atoms with E-state index in [1.165, 1.54) is 20.6 Å². The van der Waals surface area contributed by atoms with Gasteiger partial charge < -0.3 is 4.90 Å². The standard InChI is InChI=1S/C14H15Br2NS/c1-17(7-6-13-3-2-8-18-13)12-5-4-11(10-15)14(16)9-12/h2-5,8-9H,6-7,10H2,1H3. The molecule has 0 bridgehead atoms. The molecule has 4 heteroatoms. The topological polar surface area (TPSA) is 3.24 Å². The van der Waals surface area contributed by atoms with Crippen molar-refractivity contribution in [1.82, 2.24) is 0 Å². The summed E-state index contributed by atoms with van der Waals surface area (Å²) in [5, 5.41) is 3.02. The van der Waals surface area contributed by atoms with E-state index in [1.54, 1.807) is 0 Å². The predicted octanol–water partition coefficient (Wildman–Crippen LogP) is 5.08. The summed E-state index contributed by atoms with van der Waals surface area (Å²) in [6.07, 6.45) is 1.10. The second kappa shape index (κ2) is 6.73. The molecule has 0 aliphatic rings. The molecule has 1 heterocycles. The molecule has 18 heavy (non-hydrogen) atoms. The first-order chi connectivity index (χ1) is 8.70. The van der Waals surface area contributed by atoms with Crippen LogP contribution < -0.4 is 4.90 Å². The lowest BCUT2D eigenvalue weighted by atomic mass is 10.2. The molecule has 0 aliphatic heterocycles. The van der Waals surface area contributed by atoms with E-state index >= 15 is 0 Å². The van der Waals surface area contributed by atoms with E-state index in [1.807, 2.05) is 11.3 Å². The van der Waals surface area contributed by atoms with Crippen molar-refractivity contribution in [3.8, 4) is 0 Å². The first kappa shape index (κ1) is 14.1. The van der Waals surface area contributed by atoms with Gasteiger partial charge in [-0.1, -0.05) is 44.0 Å². The number of thiophene rings is 1. The molecule has 2 rings (SSSR count). The zero-order valence-corrected chi connectivity index (χ0v) is 14.2. The summed E-state index contributed by atoms with van der Waals surface area (Å²) in [5.74, 6) is 0. The molecule has 0 fully saturated rings. The highest BCUT2D eigenvalue weighted by Gasteiger charge is 2.05. The van der Waals surface area contributed by atoms with E-state index in [-0.39, 0.29) is 0 Å². The average molecular weight is 389 g/mol. The van der Waals surface area contributed by atoms with Crippen LogP contribution in [-0.4, -0.2) is 13.6 Å². The molecule has 0 saturated carbocycles. The first-order valence-electron chi connectivity index (χ1n) is 5.78. The normalized spacial score (nSPS) is 10.6. The molecule has 1 aromatic carbocycles. The van der Waals surface area contributed by atoms with Crippen LogP contribution in [0.15, 0.2) is 40.2 Å². The molecule has 0 radical (unpaired) electrons. The van der Waals surface area contributed by atoms with E-state index in [0.29, 0.717) is 0 Å². The summed E-state index contributed by atoms with van der Waals surface area (Å²) in [6, 6.07) is 10.8. The summed E-state index contributed by atoms with van der Waals surface area (Å²) >= 11 is 8.92. The van der Waals surface area contributed by atoms with Crippen molar-refractivity contribution in [3.05, 3.63) is 50.6 Å². The van der Waals surface area contributed by atoms with Crippen LogP contribution in [0.5, 0.6) is 0 Å². The van der Waals surface area contributed by atoms with E-state index in [0.717, 1.165) is 18.3 Å². The maximum Gasteiger partial charge on any atom is 0.0375 e. The Hall–Kier alpha value is -0.320. The SMILES string of the molecule is CN(CCc1cccs1)c1ccc(CBr)c(Br)c1. The minimum Gasteiger partial charge on any atom is -0.374 e. The van der Waals surface area contributed by atoms with Gasteiger partial charge in [-0.05, 0) is 35.6 Å². The Labute approximate surface area is 129 Å². The van der Waals surface area contributed by atoms with Crippen molar-refractivity contribution in [1.29, 1.82) is 0 Å². The maximum atomic E-state index is 3.61. The number of nitrogens with zero attached hydrogens (tertiary/aromatic N) is 1. The van der Waals surface area contributed by atoms with Crippen molar-refractivity contribution >= 4 is 48.9 Å². The summed E-state index contributed by atoms with van der Waals surface area (Å²) in [4.78, 5) is 3.74. The number of likely N-dealkylation sites (N-methyl/N-ethyl adjacent to an activating group) is 1. The van der Waals surface area contributed by atoms with Gasteiger partial charge in [0.05, 0.1) is 0 Å². The molecule has 0 N–H and O–H groups in total. The first-order valence-corrected chi connectivity index (χ1v) is 8.58. The predicted molar refractivity (Wildman–Crippen MR) is 88.1 cm³/mol. The number of rotatable bonds is 5. The fraction of sp³-hybridized carbons (Fsp3) is 0.286. The summed E-state index contributed by atoms with van der Waals surface area (Å²) in [7, 11) is 2.14. The molecular formula is C14H15Br2NS. The van der Waals surface area contributed by atoms with Gasteiger partial charge >= 0.3 is 0 Å². The Bertz CT molecular complexity index is 497. The van der Waals surface area contributed by atoms with Gasteiger partial charge in [-0.15, -0.1) is 11.3 Å². The lowest BCUT2D eigenvalue weighted by Crippen LogP contribution is -2.19. The smallest absolute Gasteiger partial charge is 0.0375 e. The van der Waals surface area contributed by atoms with Crippen molar-refractivity contribution in [2.75, 3.05) is 18.5 Å². The molecule has 1 nitrogen and oxygen atoms in total. The van der Waals surface area contributed by atoms with Gasteiger partial charge in [0.1, 0.15) is 0 Å². The van der Waals surface area contributed by atoms with Crippen LogP contribution >= 0.6 is 43.2 Å². The Morgan fingerprint density at radius 2 is 2.11 bits per heavy atom. The zero-order valence-electron chi connectivity index (χ0n) is 10.2. The largest absolute Gasteiger partial charge is 0.374 e. The van der Waals surface area contributed by atoms with Crippen LogP contribution in [0.4, 0.5) is 5.69 Å². The molecule has 1 aromatic heterocycles. The minimum atomic E-state index is 0.882. The third-order valence-electron chi connectivity index (χ3n) is 2.90. The van der Waals surface area contributed by atoms with Gasteiger partial charge in [0.15, 0.2) is 0 Å². The van der Waals surface area contributed by atoms with E-state index in [9.17, 15) is 0 Å². The summed E-state index contributed by atoms with van der Waals surface area (Å²) < 4.78 is 1.17. The fourth-order valence-corrected chi connectivity index (χ4v) is 3.81. The van der Waals surface area contributed by atoms with Crippen molar-refractivity contribution in [2.45, 2.75) is 11.8 Å². The van der Waals surface area contributed by atoms with Gasteiger partial charge in [-0.2, -0.15) is 0 Å². The lowest BCUT2D eigenvalue weighted by molar-refractivity contribution is 0.887. The molecule has 0 atom stereocenters. The maximum absolute atomic E-state index is 3.61. The molecule has 0 spiro atoms. The van der Waals surface area contributed by atoms with Crippen LogP contribution in [0.1, 0.15) is 10.4 Å². The van der Waals surface area contributed by atoms with Crippen LogP contribution in [-0.2, 0) is 11.8 Å². The van der Waals surface area contributed by atoms with Gasteiger partial charge in [0.25, 0.3) is 0 Å². The van der Waals surface area contributed by atoms with Crippen LogP contribution in [0, 0.1) is 0 Å². The van der Waals surface area contributed by atoms with Gasteiger partial charge in [0, 0.05) is 34.0 Å². The van der Waals surface area contributed by atoms with E-state index in [4.69, 9.17) is 0 Å². The second-order valence-corrected chi connectivity index (χ2v) is 6.61. The monoisotopic (exact) mass is 387 g/mol. The highest BCUT2D eigenvalue weighted by Crippen LogP contribution is 2.25.